The summed E-state index contributed by atoms with van der Waals surface area (Å²) in [5.41, 5.74) is 5.63. The molecule has 4 nitrogen and oxygen atoms in total. The monoisotopic (exact) mass is 181 g/mol. The van der Waals surface area contributed by atoms with Crippen LogP contribution in [-0.4, -0.2) is 17.9 Å². The molecule has 0 fully saturated rings. The lowest BCUT2D eigenvalue weighted by atomic mass is 10.0. The van der Waals surface area contributed by atoms with Gasteiger partial charge in [-0.2, -0.15) is 0 Å². The Balaban J connectivity index is 2.91. The first-order valence-corrected chi connectivity index (χ1v) is 3.94. The highest BCUT2D eigenvalue weighted by atomic mass is 16.9. The van der Waals surface area contributed by atoms with Gasteiger partial charge in [-0.3, -0.25) is 4.84 Å². The number of nitrogens with two attached hydrogens (primary N) is 1. The van der Waals surface area contributed by atoms with E-state index >= 15 is 0 Å². The predicted molar refractivity (Wildman–Crippen MR) is 51.2 cm³/mol. The molecule has 13 heavy (non-hydrogen) atoms. The van der Waals surface area contributed by atoms with Crippen LogP contribution in [0.2, 0.25) is 0 Å². The molecular weight excluding hydrogens is 168 g/mol. The van der Waals surface area contributed by atoms with Crippen molar-refractivity contribution in [2.45, 2.75) is 12.5 Å². The summed E-state index contributed by atoms with van der Waals surface area (Å²) in [5.74, 6) is 0. The lowest BCUT2D eigenvalue weighted by Crippen LogP contribution is -2.32. The zero-order valence-corrected chi connectivity index (χ0v) is 7.73. The number of hydrogen-bond acceptors (Lipinski definition) is 4. The molecule has 0 aliphatic heterocycles. The van der Waals surface area contributed by atoms with Crippen LogP contribution in [0.5, 0.6) is 0 Å². The van der Waals surface area contributed by atoms with Gasteiger partial charge in [0.2, 0.25) is 0 Å². The summed E-state index contributed by atoms with van der Waals surface area (Å²) in [5, 5.41) is 11.5. The van der Waals surface area contributed by atoms with E-state index in [-0.39, 0.29) is 0 Å². The molecule has 1 unspecified atom stereocenters. The molecule has 0 saturated carbocycles. The molecule has 2 N–H and O–H groups in total. The van der Waals surface area contributed by atoms with Gasteiger partial charge in [0.15, 0.2) is 0 Å². The Morgan fingerprint density at radius 3 is 2.85 bits per heavy atom. The molecule has 0 saturated heterocycles. The molecule has 1 aliphatic rings. The van der Waals surface area contributed by atoms with Gasteiger partial charge in [-0.15, -0.1) is 0 Å². The highest BCUT2D eigenvalue weighted by Gasteiger charge is 2.13. The van der Waals surface area contributed by atoms with Gasteiger partial charge in [-0.25, -0.2) is 0 Å². The Bertz CT molecular complexity index is 267. The molecule has 0 spiro atoms. The molecule has 72 valence electrons. The standard InChI is InChI=1S/C9H13N2O2/c1-9(10)6-4-3-5-8(7-9)11(12)13-2/h3-7H,10H2,1-2H3/q-1. The fourth-order valence-electron chi connectivity index (χ4n) is 1.05. The van der Waals surface area contributed by atoms with Crippen LogP contribution in [0.15, 0.2) is 36.1 Å². The zero-order chi connectivity index (χ0) is 9.90. The van der Waals surface area contributed by atoms with Crippen LogP contribution in [0.1, 0.15) is 6.92 Å². The first-order valence-electron chi connectivity index (χ1n) is 3.94. The van der Waals surface area contributed by atoms with Crippen molar-refractivity contribution in [2.75, 3.05) is 7.11 Å². The van der Waals surface area contributed by atoms with E-state index in [1.807, 2.05) is 0 Å². The van der Waals surface area contributed by atoms with E-state index in [2.05, 4.69) is 4.84 Å². The van der Waals surface area contributed by atoms with Gasteiger partial charge < -0.3 is 16.2 Å². The molecule has 0 bridgehead atoms. The van der Waals surface area contributed by atoms with Gasteiger partial charge in [0.25, 0.3) is 0 Å². The minimum absolute atomic E-state index is 0.400. The number of nitrogens with zero attached hydrogens (tertiary/aromatic N) is 1. The number of hydrogen-bond donors (Lipinski definition) is 1. The smallest absolute Gasteiger partial charge is 0.0629 e. The van der Waals surface area contributed by atoms with E-state index in [0.717, 1.165) is 0 Å². The van der Waals surface area contributed by atoms with Gasteiger partial charge in [-0.1, -0.05) is 18.2 Å². The Kier molecular flexibility index (Phi) is 2.87. The largest absolute Gasteiger partial charge is 0.733 e. The van der Waals surface area contributed by atoms with Crippen LogP contribution in [0.25, 0.3) is 0 Å². The van der Waals surface area contributed by atoms with Crippen molar-refractivity contribution < 1.29 is 4.84 Å². The first kappa shape index (κ1) is 9.98. The third-order valence-corrected chi connectivity index (χ3v) is 1.67. The third-order valence-electron chi connectivity index (χ3n) is 1.67. The molecule has 0 aromatic carbocycles. The molecule has 0 aromatic rings. The maximum absolute atomic E-state index is 11.1. The molecule has 0 amide bonds. The van der Waals surface area contributed by atoms with Crippen molar-refractivity contribution in [3.63, 3.8) is 0 Å². The summed E-state index contributed by atoms with van der Waals surface area (Å²) in [7, 11) is 1.31. The van der Waals surface area contributed by atoms with Crippen LogP contribution in [0, 0.1) is 5.21 Å². The van der Waals surface area contributed by atoms with Gasteiger partial charge in [-0.05, 0) is 19.1 Å². The van der Waals surface area contributed by atoms with E-state index in [4.69, 9.17) is 5.73 Å². The first-order chi connectivity index (χ1) is 6.05. The van der Waals surface area contributed by atoms with Crippen LogP contribution in [0.4, 0.5) is 0 Å². The third kappa shape index (κ3) is 2.69. The van der Waals surface area contributed by atoms with E-state index < -0.39 is 5.54 Å². The van der Waals surface area contributed by atoms with Gasteiger partial charge in [0, 0.05) is 5.70 Å². The average molecular weight is 181 g/mol. The lowest BCUT2D eigenvalue weighted by molar-refractivity contribution is -0.0529. The van der Waals surface area contributed by atoms with Crippen LogP contribution in [-0.2, 0) is 4.84 Å². The highest BCUT2D eigenvalue weighted by Crippen LogP contribution is 2.15. The quantitative estimate of drug-likeness (QED) is 0.647. The van der Waals surface area contributed by atoms with Crippen molar-refractivity contribution in [3.05, 3.63) is 41.3 Å². The average Bonchev–Trinajstić information content (AvgIpc) is 2.25. The Hall–Kier alpha value is -1.10. The normalized spacial score (nSPS) is 26.9. The summed E-state index contributed by atoms with van der Waals surface area (Å²) in [6, 6.07) is 0. The van der Waals surface area contributed by atoms with Crippen molar-refractivity contribution in [1.82, 2.24) is 5.23 Å². The Morgan fingerprint density at radius 1 is 1.54 bits per heavy atom. The van der Waals surface area contributed by atoms with Gasteiger partial charge >= 0.3 is 0 Å². The summed E-state index contributed by atoms with van der Waals surface area (Å²) in [4.78, 5) is 4.51. The topological polar surface area (TPSA) is 61.5 Å². The van der Waals surface area contributed by atoms with E-state index in [9.17, 15) is 5.21 Å². The second kappa shape index (κ2) is 3.74. The predicted octanol–water partition coefficient (Wildman–Crippen LogP) is 1.07. The molecular formula is C9H13N2O2-. The molecule has 0 radical (unpaired) electrons. The van der Waals surface area contributed by atoms with Crippen molar-refractivity contribution in [3.8, 4) is 0 Å². The molecule has 0 heterocycles. The summed E-state index contributed by atoms with van der Waals surface area (Å²) < 4.78 is 0. The van der Waals surface area contributed by atoms with E-state index in [1.165, 1.54) is 7.11 Å². The SMILES string of the molecule is CON([O-])C1=CC(C)(N)C=CC=C1. The number of hydroxylamine groups is 2. The molecule has 4 heteroatoms. The molecule has 1 aliphatic carbocycles. The van der Waals surface area contributed by atoms with Gasteiger partial charge in [0.1, 0.15) is 0 Å². The van der Waals surface area contributed by atoms with Crippen molar-refractivity contribution >= 4 is 0 Å². The fraction of sp³-hybridized carbons (Fsp3) is 0.333. The number of allylic oxidation sites excluding steroid dienone is 3. The second-order valence-corrected chi connectivity index (χ2v) is 3.09. The highest BCUT2D eigenvalue weighted by molar-refractivity contribution is 5.32. The van der Waals surface area contributed by atoms with Crippen molar-refractivity contribution in [2.24, 2.45) is 5.73 Å². The van der Waals surface area contributed by atoms with Crippen LogP contribution < -0.4 is 5.73 Å². The molecule has 0 aromatic heterocycles. The summed E-state index contributed by atoms with van der Waals surface area (Å²) in [6.07, 6.45) is 8.63. The maximum atomic E-state index is 11.1. The minimum atomic E-state index is -0.611. The fourth-order valence-corrected chi connectivity index (χ4v) is 1.05. The maximum Gasteiger partial charge on any atom is 0.0629 e. The zero-order valence-electron chi connectivity index (χ0n) is 7.73. The summed E-state index contributed by atoms with van der Waals surface area (Å²) >= 11 is 0. The summed E-state index contributed by atoms with van der Waals surface area (Å²) in [6.45, 7) is 1.81. The van der Waals surface area contributed by atoms with E-state index in [0.29, 0.717) is 10.9 Å². The molecule has 1 rings (SSSR count). The van der Waals surface area contributed by atoms with Crippen molar-refractivity contribution in [1.29, 1.82) is 0 Å². The van der Waals surface area contributed by atoms with E-state index in [1.54, 1.807) is 37.3 Å². The number of rotatable bonds is 2. The lowest BCUT2D eigenvalue weighted by Gasteiger charge is -2.29. The second-order valence-electron chi connectivity index (χ2n) is 3.09. The minimum Gasteiger partial charge on any atom is -0.733 e. The van der Waals surface area contributed by atoms with Crippen LogP contribution in [0.3, 0.4) is 0 Å². The van der Waals surface area contributed by atoms with Crippen LogP contribution >= 0.6 is 0 Å². The Morgan fingerprint density at radius 2 is 2.23 bits per heavy atom. The Labute approximate surface area is 77.5 Å². The van der Waals surface area contributed by atoms with Gasteiger partial charge in [0.05, 0.1) is 12.6 Å². The molecule has 1 atom stereocenters.